The Morgan fingerprint density at radius 3 is 2.55 bits per heavy atom. The molecule has 1 heterocycles. The highest BCUT2D eigenvalue weighted by molar-refractivity contribution is 5.28. The van der Waals surface area contributed by atoms with Gasteiger partial charge in [-0.2, -0.15) is 0 Å². The summed E-state index contributed by atoms with van der Waals surface area (Å²) in [6, 6.07) is 8.76. The van der Waals surface area contributed by atoms with Gasteiger partial charge >= 0.3 is 0 Å². The minimum Gasteiger partial charge on any atom is -0.304 e. The molecule has 20 heavy (non-hydrogen) atoms. The van der Waals surface area contributed by atoms with E-state index in [1.807, 2.05) is 10.9 Å². The molecule has 4 nitrogen and oxygen atoms in total. The number of nitrogens with zero attached hydrogens (tertiary/aromatic N) is 3. The SMILES string of the molecule is Cc1ccccc1C(C)NCc1cn(C(C)(C)C)nn1. The maximum Gasteiger partial charge on any atom is 0.0965 e. The second-order valence-corrected chi connectivity index (χ2v) is 6.28. The number of aromatic nitrogens is 3. The third kappa shape index (κ3) is 3.45. The molecule has 1 unspecified atom stereocenters. The Morgan fingerprint density at radius 1 is 1.25 bits per heavy atom. The lowest BCUT2D eigenvalue weighted by molar-refractivity contribution is 0.347. The summed E-state index contributed by atoms with van der Waals surface area (Å²) in [7, 11) is 0. The Morgan fingerprint density at radius 2 is 1.95 bits per heavy atom. The Kier molecular flexibility index (Phi) is 4.23. The van der Waals surface area contributed by atoms with E-state index in [1.54, 1.807) is 0 Å². The van der Waals surface area contributed by atoms with Crippen molar-refractivity contribution >= 4 is 0 Å². The summed E-state index contributed by atoms with van der Waals surface area (Å²) in [4.78, 5) is 0. The van der Waals surface area contributed by atoms with Gasteiger partial charge < -0.3 is 5.32 Å². The molecule has 0 bridgehead atoms. The number of hydrogen-bond donors (Lipinski definition) is 1. The van der Waals surface area contributed by atoms with Gasteiger partial charge in [0.1, 0.15) is 0 Å². The van der Waals surface area contributed by atoms with E-state index in [0.29, 0.717) is 6.04 Å². The molecule has 0 aliphatic heterocycles. The number of hydrogen-bond acceptors (Lipinski definition) is 3. The third-order valence-electron chi connectivity index (χ3n) is 3.47. The molecule has 0 saturated carbocycles. The van der Waals surface area contributed by atoms with Crippen LogP contribution in [0.3, 0.4) is 0 Å². The van der Waals surface area contributed by atoms with Crippen LogP contribution in [0, 0.1) is 6.92 Å². The van der Waals surface area contributed by atoms with Gasteiger partial charge in [0.25, 0.3) is 0 Å². The van der Waals surface area contributed by atoms with Crippen LogP contribution in [0.2, 0.25) is 0 Å². The highest BCUT2D eigenvalue weighted by Crippen LogP contribution is 2.17. The van der Waals surface area contributed by atoms with Crippen LogP contribution in [0.15, 0.2) is 30.5 Å². The fourth-order valence-corrected chi connectivity index (χ4v) is 2.15. The molecule has 0 spiro atoms. The topological polar surface area (TPSA) is 42.7 Å². The van der Waals surface area contributed by atoms with Gasteiger partial charge in [-0.1, -0.05) is 29.5 Å². The van der Waals surface area contributed by atoms with Crippen LogP contribution in [-0.2, 0) is 12.1 Å². The standard InChI is InChI=1S/C16H24N4/c1-12-8-6-7-9-15(12)13(2)17-10-14-11-20(19-18-14)16(3,4)5/h6-9,11,13,17H,10H2,1-5H3. The van der Waals surface area contributed by atoms with E-state index in [-0.39, 0.29) is 5.54 Å². The summed E-state index contributed by atoms with van der Waals surface area (Å²) in [5.74, 6) is 0. The minimum absolute atomic E-state index is 0.0209. The fourth-order valence-electron chi connectivity index (χ4n) is 2.15. The normalized spacial score (nSPS) is 13.4. The number of rotatable bonds is 4. The Balaban J connectivity index is 1.99. The van der Waals surface area contributed by atoms with Crippen molar-refractivity contribution in [3.63, 3.8) is 0 Å². The third-order valence-corrected chi connectivity index (χ3v) is 3.47. The first kappa shape index (κ1) is 14.7. The molecule has 0 fully saturated rings. The average Bonchev–Trinajstić information content (AvgIpc) is 2.85. The molecule has 0 amide bonds. The van der Waals surface area contributed by atoms with Crippen LogP contribution in [0.1, 0.15) is 50.6 Å². The molecule has 0 saturated heterocycles. The average molecular weight is 272 g/mol. The molecule has 1 N–H and O–H groups in total. The van der Waals surface area contributed by atoms with Gasteiger partial charge in [0.15, 0.2) is 0 Å². The van der Waals surface area contributed by atoms with Gasteiger partial charge in [-0.15, -0.1) is 5.10 Å². The summed E-state index contributed by atoms with van der Waals surface area (Å²) >= 11 is 0. The smallest absolute Gasteiger partial charge is 0.0965 e. The monoisotopic (exact) mass is 272 g/mol. The van der Waals surface area contributed by atoms with Crippen molar-refractivity contribution in [3.8, 4) is 0 Å². The maximum atomic E-state index is 4.22. The van der Waals surface area contributed by atoms with Crippen molar-refractivity contribution in [3.05, 3.63) is 47.3 Å². The van der Waals surface area contributed by atoms with Gasteiger partial charge in [0.2, 0.25) is 0 Å². The van der Waals surface area contributed by atoms with E-state index in [1.165, 1.54) is 11.1 Å². The van der Waals surface area contributed by atoms with Crippen LogP contribution in [0.5, 0.6) is 0 Å². The van der Waals surface area contributed by atoms with Gasteiger partial charge in [-0.25, -0.2) is 4.68 Å². The largest absolute Gasteiger partial charge is 0.304 e. The molecule has 0 aliphatic rings. The van der Waals surface area contributed by atoms with E-state index in [4.69, 9.17) is 0 Å². The predicted molar refractivity (Wildman–Crippen MR) is 81.5 cm³/mol. The number of benzene rings is 1. The van der Waals surface area contributed by atoms with Crippen molar-refractivity contribution in [1.29, 1.82) is 0 Å². The zero-order valence-electron chi connectivity index (χ0n) is 13.0. The second kappa shape index (κ2) is 5.75. The maximum absolute atomic E-state index is 4.22. The zero-order chi connectivity index (χ0) is 14.8. The van der Waals surface area contributed by atoms with Crippen LogP contribution in [-0.4, -0.2) is 15.0 Å². The molecule has 2 rings (SSSR count). The zero-order valence-corrected chi connectivity index (χ0v) is 13.0. The molecular weight excluding hydrogens is 248 g/mol. The van der Waals surface area contributed by atoms with Gasteiger partial charge in [-0.3, -0.25) is 0 Å². The molecule has 1 aromatic carbocycles. The van der Waals surface area contributed by atoms with Crippen LogP contribution in [0.25, 0.3) is 0 Å². The van der Waals surface area contributed by atoms with Crippen molar-refractivity contribution in [2.45, 2.75) is 52.7 Å². The van der Waals surface area contributed by atoms with Gasteiger partial charge in [0.05, 0.1) is 17.4 Å². The van der Waals surface area contributed by atoms with E-state index in [0.717, 1.165) is 12.2 Å². The molecule has 0 aliphatic carbocycles. The molecule has 1 atom stereocenters. The lowest BCUT2D eigenvalue weighted by atomic mass is 10.0. The van der Waals surface area contributed by atoms with E-state index in [9.17, 15) is 0 Å². The molecular formula is C16H24N4. The van der Waals surface area contributed by atoms with Gasteiger partial charge in [-0.05, 0) is 45.7 Å². The summed E-state index contributed by atoms with van der Waals surface area (Å²) in [5.41, 5.74) is 3.59. The first-order chi connectivity index (χ1) is 9.38. The summed E-state index contributed by atoms with van der Waals surface area (Å²) in [5, 5.41) is 11.9. The Labute approximate surface area is 121 Å². The Hall–Kier alpha value is -1.68. The van der Waals surface area contributed by atoms with Crippen molar-refractivity contribution < 1.29 is 0 Å². The molecule has 108 valence electrons. The van der Waals surface area contributed by atoms with Crippen molar-refractivity contribution in [1.82, 2.24) is 20.3 Å². The summed E-state index contributed by atoms with van der Waals surface area (Å²) in [6.45, 7) is 11.4. The first-order valence-corrected chi connectivity index (χ1v) is 7.08. The predicted octanol–water partition coefficient (Wildman–Crippen LogP) is 3.19. The lowest BCUT2D eigenvalue weighted by Gasteiger charge is -2.17. The number of nitrogens with one attached hydrogen (secondary N) is 1. The van der Waals surface area contributed by atoms with Crippen molar-refractivity contribution in [2.24, 2.45) is 0 Å². The summed E-state index contributed by atoms with van der Waals surface area (Å²) in [6.07, 6.45) is 2.01. The quantitative estimate of drug-likeness (QED) is 0.929. The first-order valence-electron chi connectivity index (χ1n) is 7.08. The van der Waals surface area contributed by atoms with E-state index < -0.39 is 0 Å². The molecule has 4 heteroatoms. The van der Waals surface area contributed by atoms with Crippen LogP contribution in [0.4, 0.5) is 0 Å². The molecule has 1 aromatic heterocycles. The van der Waals surface area contributed by atoms with Crippen LogP contribution >= 0.6 is 0 Å². The minimum atomic E-state index is -0.0209. The number of aryl methyl sites for hydroxylation is 1. The highest BCUT2D eigenvalue weighted by atomic mass is 15.4. The van der Waals surface area contributed by atoms with E-state index >= 15 is 0 Å². The van der Waals surface area contributed by atoms with Gasteiger partial charge in [0, 0.05) is 12.6 Å². The van der Waals surface area contributed by atoms with E-state index in [2.05, 4.69) is 74.5 Å². The summed E-state index contributed by atoms with van der Waals surface area (Å²) < 4.78 is 1.91. The fraction of sp³-hybridized carbons (Fsp3) is 0.500. The second-order valence-electron chi connectivity index (χ2n) is 6.28. The Bertz CT molecular complexity index is 566. The van der Waals surface area contributed by atoms with Crippen LogP contribution < -0.4 is 5.32 Å². The lowest BCUT2D eigenvalue weighted by Crippen LogP contribution is -2.22. The van der Waals surface area contributed by atoms with Crippen molar-refractivity contribution in [2.75, 3.05) is 0 Å². The highest BCUT2D eigenvalue weighted by Gasteiger charge is 2.15. The molecule has 2 aromatic rings. The molecule has 0 radical (unpaired) electrons.